The summed E-state index contributed by atoms with van der Waals surface area (Å²) in [5, 5.41) is 13.5. The Kier molecular flexibility index (Phi) is 7.06. The highest BCUT2D eigenvalue weighted by Crippen LogP contribution is 2.25. The van der Waals surface area contributed by atoms with Gasteiger partial charge in [0.1, 0.15) is 5.76 Å². The normalized spacial score (nSPS) is 11.7. The number of phenolic OH excluding ortho intramolecular Hbond substituents is 1. The Balaban J connectivity index is 1.72. The molecule has 9 nitrogen and oxygen atoms in total. The first-order valence-electron chi connectivity index (χ1n) is 9.16. The van der Waals surface area contributed by atoms with Crippen molar-refractivity contribution in [2.24, 2.45) is 5.10 Å². The summed E-state index contributed by atoms with van der Waals surface area (Å²) in [6.07, 6.45) is 2.78. The molecule has 0 atom stereocenters. The molecule has 0 bridgehead atoms. The average molecular weight is 443 g/mol. The molecule has 0 spiro atoms. The zero-order chi connectivity index (χ0) is 22.3. The zero-order valence-corrected chi connectivity index (χ0v) is 17.5. The minimum atomic E-state index is -3.95. The summed E-state index contributed by atoms with van der Waals surface area (Å²) in [4.78, 5) is 12.5. The summed E-state index contributed by atoms with van der Waals surface area (Å²) in [6, 6.07) is 15.6. The second kappa shape index (κ2) is 9.92. The summed E-state index contributed by atoms with van der Waals surface area (Å²) in [5.74, 6) is -0.00252. The maximum atomic E-state index is 13.0. The van der Waals surface area contributed by atoms with Crippen molar-refractivity contribution in [1.82, 2.24) is 9.73 Å². The topological polar surface area (TPSA) is 121 Å². The number of phenols is 1. The molecular formula is C21H21N3O6S. The molecule has 1 heterocycles. The molecule has 3 rings (SSSR count). The Morgan fingerprint density at radius 1 is 1.19 bits per heavy atom. The first-order chi connectivity index (χ1) is 14.9. The number of sulfonamides is 1. The third-order valence-corrected chi connectivity index (χ3v) is 6.03. The van der Waals surface area contributed by atoms with Crippen molar-refractivity contribution >= 4 is 22.1 Å². The Bertz CT molecular complexity index is 1150. The third-order valence-electron chi connectivity index (χ3n) is 4.22. The zero-order valence-electron chi connectivity index (χ0n) is 16.6. The van der Waals surface area contributed by atoms with E-state index in [4.69, 9.17) is 9.15 Å². The number of furan rings is 1. The Morgan fingerprint density at radius 2 is 1.97 bits per heavy atom. The summed E-state index contributed by atoms with van der Waals surface area (Å²) < 4.78 is 37.3. The lowest BCUT2D eigenvalue weighted by molar-refractivity contribution is -0.121. The number of amides is 1. The van der Waals surface area contributed by atoms with E-state index >= 15 is 0 Å². The molecule has 0 aliphatic heterocycles. The van der Waals surface area contributed by atoms with Crippen LogP contribution in [0.1, 0.15) is 11.3 Å². The smallest absolute Gasteiger partial charge is 0.255 e. The number of hydrogen-bond acceptors (Lipinski definition) is 7. The summed E-state index contributed by atoms with van der Waals surface area (Å²) in [5.41, 5.74) is 2.88. The van der Waals surface area contributed by atoms with E-state index in [9.17, 15) is 18.3 Å². The van der Waals surface area contributed by atoms with E-state index in [1.807, 2.05) is 0 Å². The van der Waals surface area contributed by atoms with Crippen molar-refractivity contribution in [1.29, 1.82) is 0 Å². The van der Waals surface area contributed by atoms with Crippen LogP contribution in [-0.4, -0.2) is 43.6 Å². The molecule has 0 aliphatic rings. The summed E-state index contributed by atoms with van der Waals surface area (Å²) >= 11 is 0. The number of hydrogen-bond donors (Lipinski definition) is 2. The molecule has 2 N–H and O–H groups in total. The van der Waals surface area contributed by atoms with Crippen LogP contribution in [0, 0.1) is 0 Å². The van der Waals surface area contributed by atoms with Crippen LogP contribution in [0.4, 0.5) is 0 Å². The molecule has 0 saturated carbocycles. The molecule has 0 saturated heterocycles. The van der Waals surface area contributed by atoms with Gasteiger partial charge < -0.3 is 14.3 Å². The van der Waals surface area contributed by atoms with Gasteiger partial charge in [0.25, 0.3) is 5.91 Å². The SMILES string of the molecule is COc1cc(/C=N\NC(=O)CN(Cc2ccco2)S(=O)(=O)c2ccccc2)ccc1O. The van der Waals surface area contributed by atoms with Crippen molar-refractivity contribution < 1.29 is 27.5 Å². The molecule has 1 amide bonds. The first kappa shape index (κ1) is 22.1. The van der Waals surface area contributed by atoms with Gasteiger partial charge in [-0.1, -0.05) is 18.2 Å². The third kappa shape index (κ3) is 5.71. The van der Waals surface area contributed by atoms with Crippen LogP contribution >= 0.6 is 0 Å². The van der Waals surface area contributed by atoms with Crippen LogP contribution in [-0.2, 0) is 21.4 Å². The van der Waals surface area contributed by atoms with Gasteiger partial charge in [0.15, 0.2) is 11.5 Å². The molecule has 10 heteroatoms. The van der Waals surface area contributed by atoms with Gasteiger partial charge in [-0.2, -0.15) is 9.41 Å². The summed E-state index contributed by atoms with van der Waals surface area (Å²) in [6.45, 7) is -0.579. The number of carbonyl (C=O) groups excluding carboxylic acids is 1. The number of benzene rings is 2. The lowest BCUT2D eigenvalue weighted by Gasteiger charge is -2.20. The summed E-state index contributed by atoms with van der Waals surface area (Å²) in [7, 11) is -2.53. The fourth-order valence-corrected chi connectivity index (χ4v) is 4.08. The van der Waals surface area contributed by atoms with E-state index in [1.165, 1.54) is 43.9 Å². The van der Waals surface area contributed by atoms with Gasteiger partial charge in [0, 0.05) is 0 Å². The minimum absolute atomic E-state index is 0.0247. The highest BCUT2D eigenvalue weighted by molar-refractivity contribution is 7.89. The lowest BCUT2D eigenvalue weighted by Crippen LogP contribution is -2.38. The number of carbonyl (C=O) groups is 1. The Morgan fingerprint density at radius 3 is 2.65 bits per heavy atom. The average Bonchev–Trinajstić information content (AvgIpc) is 3.28. The van der Waals surface area contributed by atoms with Crippen LogP contribution in [0.25, 0.3) is 0 Å². The van der Waals surface area contributed by atoms with Gasteiger partial charge in [0.2, 0.25) is 10.0 Å². The number of methoxy groups -OCH3 is 1. The minimum Gasteiger partial charge on any atom is -0.504 e. The van der Waals surface area contributed by atoms with Crippen molar-refractivity contribution in [3.8, 4) is 11.5 Å². The highest BCUT2D eigenvalue weighted by atomic mass is 32.2. The van der Waals surface area contributed by atoms with Gasteiger partial charge >= 0.3 is 0 Å². The molecule has 0 aliphatic carbocycles. The van der Waals surface area contributed by atoms with Crippen molar-refractivity contribution in [3.05, 3.63) is 78.3 Å². The molecule has 31 heavy (non-hydrogen) atoms. The van der Waals surface area contributed by atoms with Crippen LogP contribution in [0.15, 0.2) is 81.3 Å². The molecule has 0 fully saturated rings. The van der Waals surface area contributed by atoms with Gasteiger partial charge in [-0.05, 0) is 48.0 Å². The maximum absolute atomic E-state index is 13.0. The van der Waals surface area contributed by atoms with E-state index in [0.29, 0.717) is 11.3 Å². The monoisotopic (exact) mass is 443 g/mol. The van der Waals surface area contributed by atoms with Crippen LogP contribution in [0.5, 0.6) is 11.5 Å². The number of rotatable bonds is 9. The predicted octanol–water partition coefficient (Wildman–Crippen LogP) is 2.34. The number of aromatic hydroxyl groups is 1. The van der Waals surface area contributed by atoms with E-state index < -0.39 is 22.5 Å². The molecule has 0 radical (unpaired) electrons. The molecule has 3 aromatic rings. The van der Waals surface area contributed by atoms with E-state index in [-0.39, 0.29) is 22.9 Å². The van der Waals surface area contributed by atoms with Crippen LogP contribution in [0.3, 0.4) is 0 Å². The van der Waals surface area contributed by atoms with E-state index in [0.717, 1.165) is 4.31 Å². The van der Waals surface area contributed by atoms with Crippen molar-refractivity contribution in [2.75, 3.05) is 13.7 Å². The van der Waals surface area contributed by atoms with Gasteiger partial charge in [0.05, 0.1) is 37.6 Å². The highest BCUT2D eigenvalue weighted by Gasteiger charge is 2.27. The molecule has 2 aromatic carbocycles. The Hall–Kier alpha value is -3.63. The maximum Gasteiger partial charge on any atom is 0.255 e. The van der Waals surface area contributed by atoms with E-state index in [1.54, 1.807) is 36.4 Å². The fourth-order valence-electron chi connectivity index (χ4n) is 2.69. The van der Waals surface area contributed by atoms with Gasteiger partial charge in [-0.25, -0.2) is 13.8 Å². The van der Waals surface area contributed by atoms with E-state index in [2.05, 4.69) is 10.5 Å². The van der Waals surface area contributed by atoms with Gasteiger partial charge in [-0.3, -0.25) is 4.79 Å². The predicted molar refractivity (Wildman–Crippen MR) is 113 cm³/mol. The molecule has 1 aromatic heterocycles. The van der Waals surface area contributed by atoms with Crippen LogP contribution < -0.4 is 10.2 Å². The van der Waals surface area contributed by atoms with Crippen LogP contribution in [0.2, 0.25) is 0 Å². The van der Waals surface area contributed by atoms with Gasteiger partial charge in [-0.15, -0.1) is 0 Å². The first-order valence-corrected chi connectivity index (χ1v) is 10.6. The second-order valence-corrected chi connectivity index (χ2v) is 8.33. The van der Waals surface area contributed by atoms with Crippen molar-refractivity contribution in [2.45, 2.75) is 11.4 Å². The number of nitrogens with zero attached hydrogens (tertiary/aromatic N) is 2. The molecule has 162 valence electrons. The Labute approximate surface area is 179 Å². The quantitative estimate of drug-likeness (QED) is 0.387. The number of ether oxygens (including phenoxy) is 1. The molecule has 0 unspecified atom stereocenters. The fraction of sp³-hybridized carbons (Fsp3) is 0.143. The van der Waals surface area contributed by atoms with Crippen molar-refractivity contribution in [3.63, 3.8) is 0 Å². The second-order valence-electron chi connectivity index (χ2n) is 6.39. The largest absolute Gasteiger partial charge is 0.504 e. The lowest BCUT2D eigenvalue weighted by atomic mass is 10.2. The molecular weight excluding hydrogens is 422 g/mol. The number of hydrazone groups is 1. The number of nitrogens with one attached hydrogen (secondary N) is 1. The standard InChI is InChI=1S/C21H21N3O6S/c1-29-20-12-16(9-10-19(20)25)13-22-23-21(26)15-24(14-17-6-5-11-30-17)31(27,28)18-7-3-2-4-8-18/h2-13,25H,14-15H2,1H3,(H,23,26)/b22-13-.